The minimum atomic E-state index is 0.133. The minimum absolute atomic E-state index is 0.133. The topological polar surface area (TPSA) is 32.3 Å². The van der Waals surface area contributed by atoms with Crippen LogP contribution in [-0.4, -0.2) is 36.5 Å². The van der Waals surface area contributed by atoms with Crippen LogP contribution in [-0.2, 0) is 0 Å². The van der Waals surface area contributed by atoms with Crippen LogP contribution in [0.25, 0.3) is 10.1 Å². The van der Waals surface area contributed by atoms with Crippen LogP contribution in [0.2, 0.25) is 0 Å². The molecule has 4 bridgehead atoms. The molecular formula is C18H20N2OS. The van der Waals surface area contributed by atoms with Gasteiger partial charge in [-0.3, -0.25) is 4.79 Å². The Balaban J connectivity index is 1.38. The number of carbonyl (C=O) groups excluding carboxylic acids is 1. The molecule has 1 aromatic carbocycles. The van der Waals surface area contributed by atoms with Gasteiger partial charge in [-0.25, -0.2) is 0 Å². The highest BCUT2D eigenvalue weighted by Crippen LogP contribution is 2.43. The van der Waals surface area contributed by atoms with Gasteiger partial charge >= 0.3 is 0 Å². The van der Waals surface area contributed by atoms with Gasteiger partial charge in [0.25, 0.3) is 5.91 Å². The second-order valence-corrected chi connectivity index (χ2v) is 8.31. The number of hydrogen-bond donors (Lipinski definition) is 1. The number of nitrogens with one attached hydrogen (secondary N) is 1. The van der Waals surface area contributed by atoms with Crippen LogP contribution in [0.15, 0.2) is 30.3 Å². The van der Waals surface area contributed by atoms with Crippen molar-refractivity contribution in [3.63, 3.8) is 0 Å². The largest absolute Gasteiger partial charge is 0.348 e. The molecule has 0 spiro atoms. The van der Waals surface area contributed by atoms with Gasteiger partial charge in [0.15, 0.2) is 0 Å². The molecule has 2 unspecified atom stereocenters. The van der Waals surface area contributed by atoms with E-state index in [1.807, 2.05) is 18.2 Å². The van der Waals surface area contributed by atoms with Gasteiger partial charge in [-0.05, 0) is 48.1 Å². The first kappa shape index (κ1) is 13.1. The minimum Gasteiger partial charge on any atom is -0.348 e. The standard InChI is InChI=1S/C18H20N2OS/c21-18(16-7-12-3-1-2-4-15(12)22-16)19-17-13-5-11-6-14(17)10-20(8-11)9-13/h1-4,7,11,13-14,17H,5-6,8-10H2,(H,19,21). The van der Waals surface area contributed by atoms with Gasteiger partial charge in [0.05, 0.1) is 4.88 Å². The maximum Gasteiger partial charge on any atom is 0.261 e. The van der Waals surface area contributed by atoms with Gasteiger partial charge in [-0.1, -0.05) is 18.2 Å². The second kappa shape index (κ2) is 4.80. The number of benzene rings is 1. The monoisotopic (exact) mass is 312 g/mol. The summed E-state index contributed by atoms with van der Waals surface area (Å²) in [6.45, 7) is 3.67. The molecule has 1 saturated carbocycles. The van der Waals surface area contributed by atoms with Crippen molar-refractivity contribution < 1.29 is 4.79 Å². The van der Waals surface area contributed by atoms with E-state index in [1.165, 1.54) is 42.6 Å². The third-order valence-corrected chi connectivity index (χ3v) is 6.85. The van der Waals surface area contributed by atoms with Crippen LogP contribution in [0.1, 0.15) is 22.5 Å². The molecule has 4 heteroatoms. The first-order valence-corrected chi connectivity index (χ1v) is 9.10. The molecule has 1 aliphatic carbocycles. The Morgan fingerprint density at radius 2 is 1.91 bits per heavy atom. The lowest BCUT2D eigenvalue weighted by molar-refractivity contribution is -0.0418. The fraction of sp³-hybridized carbons (Fsp3) is 0.500. The summed E-state index contributed by atoms with van der Waals surface area (Å²) < 4.78 is 1.20. The SMILES string of the molecule is O=C(NC1C2CC3CC1CN(C3)C2)c1cc2ccccc2s1. The number of amides is 1. The molecule has 22 heavy (non-hydrogen) atoms. The number of fused-ring (bicyclic) bond motifs is 1. The van der Waals surface area contributed by atoms with Crippen LogP contribution >= 0.6 is 11.3 Å². The van der Waals surface area contributed by atoms with Crippen molar-refractivity contribution in [1.29, 1.82) is 0 Å². The number of nitrogens with zero attached hydrogens (tertiary/aromatic N) is 1. The number of piperidine rings is 3. The Morgan fingerprint density at radius 1 is 1.14 bits per heavy atom. The van der Waals surface area contributed by atoms with E-state index in [0.29, 0.717) is 17.9 Å². The predicted octanol–water partition coefficient (Wildman–Crippen LogP) is 2.97. The zero-order valence-electron chi connectivity index (χ0n) is 12.5. The molecule has 2 atom stereocenters. The Bertz CT molecular complexity index is 677. The maximum atomic E-state index is 12.7. The third-order valence-electron chi connectivity index (χ3n) is 5.74. The van der Waals surface area contributed by atoms with E-state index in [9.17, 15) is 4.79 Å². The second-order valence-electron chi connectivity index (χ2n) is 7.22. The highest BCUT2D eigenvalue weighted by atomic mass is 32.1. The molecule has 1 amide bonds. The molecule has 4 aliphatic rings. The normalized spacial score (nSPS) is 35.9. The van der Waals surface area contributed by atoms with E-state index in [2.05, 4.69) is 22.3 Å². The molecule has 3 saturated heterocycles. The van der Waals surface area contributed by atoms with Gasteiger partial charge in [0, 0.05) is 30.4 Å². The molecule has 3 aliphatic heterocycles. The third kappa shape index (κ3) is 2.01. The average molecular weight is 312 g/mol. The van der Waals surface area contributed by atoms with E-state index in [-0.39, 0.29) is 5.91 Å². The quantitative estimate of drug-likeness (QED) is 0.924. The van der Waals surface area contributed by atoms with Crippen molar-refractivity contribution in [1.82, 2.24) is 10.2 Å². The maximum absolute atomic E-state index is 12.7. The zero-order valence-corrected chi connectivity index (χ0v) is 13.3. The van der Waals surface area contributed by atoms with E-state index in [0.717, 1.165) is 10.8 Å². The molecular weight excluding hydrogens is 292 g/mol. The number of hydrogen-bond acceptors (Lipinski definition) is 3. The summed E-state index contributed by atoms with van der Waals surface area (Å²) in [5.41, 5.74) is 0. The average Bonchev–Trinajstić information content (AvgIpc) is 2.94. The number of carbonyl (C=O) groups is 1. The van der Waals surface area contributed by atoms with Gasteiger partial charge in [0.1, 0.15) is 0 Å². The van der Waals surface area contributed by atoms with Crippen LogP contribution in [0.4, 0.5) is 0 Å². The lowest BCUT2D eigenvalue weighted by atomic mass is 9.65. The van der Waals surface area contributed by atoms with Crippen molar-refractivity contribution in [2.45, 2.75) is 18.9 Å². The first-order chi connectivity index (χ1) is 10.8. The lowest BCUT2D eigenvalue weighted by Crippen LogP contribution is -2.64. The smallest absolute Gasteiger partial charge is 0.261 e. The van der Waals surface area contributed by atoms with Crippen LogP contribution < -0.4 is 5.32 Å². The van der Waals surface area contributed by atoms with Gasteiger partial charge in [0.2, 0.25) is 0 Å². The van der Waals surface area contributed by atoms with Crippen molar-refractivity contribution in [2.24, 2.45) is 17.8 Å². The fourth-order valence-electron chi connectivity index (χ4n) is 4.96. The molecule has 114 valence electrons. The first-order valence-electron chi connectivity index (χ1n) is 8.28. The fourth-order valence-corrected chi connectivity index (χ4v) is 5.93. The molecule has 3 nitrogen and oxygen atoms in total. The summed E-state index contributed by atoms with van der Waals surface area (Å²) in [5.74, 6) is 2.36. The Morgan fingerprint density at radius 3 is 2.64 bits per heavy atom. The van der Waals surface area contributed by atoms with Crippen LogP contribution in [0, 0.1) is 17.8 Å². The van der Waals surface area contributed by atoms with E-state index >= 15 is 0 Å². The van der Waals surface area contributed by atoms with E-state index in [4.69, 9.17) is 0 Å². The Hall–Kier alpha value is -1.39. The molecule has 6 rings (SSSR count). The Kier molecular flexibility index (Phi) is 2.86. The summed E-state index contributed by atoms with van der Waals surface area (Å²) in [6.07, 6.45) is 2.62. The van der Waals surface area contributed by atoms with Crippen LogP contribution in [0.5, 0.6) is 0 Å². The lowest BCUT2D eigenvalue weighted by Gasteiger charge is -2.55. The van der Waals surface area contributed by atoms with Crippen molar-refractivity contribution in [3.8, 4) is 0 Å². The van der Waals surface area contributed by atoms with Crippen molar-refractivity contribution in [3.05, 3.63) is 35.2 Å². The van der Waals surface area contributed by atoms with Crippen molar-refractivity contribution in [2.75, 3.05) is 19.6 Å². The molecule has 0 radical (unpaired) electrons. The zero-order chi connectivity index (χ0) is 14.7. The molecule has 4 heterocycles. The summed E-state index contributed by atoms with van der Waals surface area (Å²) in [4.78, 5) is 16.2. The van der Waals surface area contributed by atoms with E-state index in [1.54, 1.807) is 11.3 Å². The highest BCUT2D eigenvalue weighted by molar-refractivity contribution is 7.20. The highest BCUT2D eigenvalue weighted by Gasteiger charge is 2.47. The van der Waals surface area contributed by atoms with Gasteiger partial charge < -0.3 is 10.2 Å². The number of rotatable bonds is 2. The summed E-state index contributed by atoms with van der Waals surface area (Å²) in [7, 11) is 0. The van der Waals surface area contributed by atoms with Gasteiger partial charge in [-0.2, -0.15) is 0 Å². The Labute approximate surface area is 134 Å². The van der Waals surface area contributed by atoms with Crippen LogP contribution in [0.3, 0.4) is 0 Å². The molecule has 2 aromatic rings. The molecule has 1 aromatic heterocycles. The van der Waals surface area contributed by atoms with Gasteiger partial charge in [-0.15, -0.1) is 11.3 Å². The van der Waals surface area contributed by atoms with E-state index < -0.39 is 0 Å². The van der Waals surface area contributed by atoms with Crippen molar-refractivity contribution >= 4 is 27.3 Å². The predicted molar refractivity (Wildman–Crippen MR) is 89.2 cm³/mol. The molecule has 4 fully saturated rings. The summed E-state index contributed by atoms with van der Waals surface area (Å²) in [6, 6.07) is 10.7. The molecule has 1 N–H and O–H groups in total. The summed E-state index contributed by atoms with van der Waals surface area (Å²) >= 11 is 1.61. The number of thiophene rings is 1. The summed E-state index contributed by atoms with van der Waals surface area (Å²) in [5, 5.41) is 4.56.